The Bertz CT molecular complexity index is 371. The van der Waals surface area contributed by atoms with E-state index in [1.165, 1.54) is 11.8 Å². The molecule has 0 radical (unpaired) electrons. The van der Waals surface area contributed by atoms with E-state index in [-0.39, 0.29) is 12.8 Å². The topological polar surface area (TPSA) is 132 Å². The van der Waals surface area contributed by atoms with Gasteiger partial charge >= 0.3 is 11.9 Å². The van der Waals surface area contributed by atoms with Gasteiger partial charge in [0, 0.05) is 36.3 Å². The van der Waals surface area contributed by atoms with Crippen LogP contribution in [-0.2, 0) is 9.59 Å². The Hall–Kier alpha value is -2.29. The van der Waals surface area contributed by atoms with Gasteiger partial charge < -0.3 is 20.2 Å². The van der Waals surface area contributed by atoms with Crippen molar-refractivity contribution in [2.75, 3.05) is 11.5 Å². The molecule has 0 unspecified atom stereocenters. The van der Waals surface area contributed by atoms with E-state index in [0.29, 0.717) is 11.5 Å². The van der Waals surface area contributed by atoms with Crippen LogP contribution in [0.15, 0.2) is 37.4 Å². The highest BCUT2D eigenvalue weighted by atomic mass is 32.2. The van der Waals surface area contributed by atoms with E-state index in [9.17, 15) is 9.59 Å². The standard InChI is InChI=1S/C6H10O4S.2C3H4N2/c7-5(8)1-3-11-4-2-6(9)10;2*1-2-5-3-4-1/h1-4H2,(H,7,8)(H,9,10);2*1-3H,(H,4,5). The molecule has 0 aliphatic rings. The Morgan fingerprint density at radius 1 is 0.905 bits per heavy atom. The van der Waals surface area contributed by atoms with E-state index in [2.05, 4.69) is 19.9 Å². The number of aromatic amines is 2. The summed E-state index contributed by atoms with van der Waals surface area (Å²) >= 11 is 1.35. The van der Waals surface area contributed by atoms with Gasteiger partial charge in [0.2, 0.25) is 0 Å². The van der Waals surface area contributed by atoms with E-state index >= 15 is 0 Å². The molecule has 0 saturated carbocycles. The van der Waals surface area contributed by atoms with Crippen LogP contribution in [0.1, 0.15) is 12.8 Å². The Labute approximate surface area is 126 Å². The van der Waals surface area contributed by atoms with Gasteiger partial charge in [-0.1, -0.05) is 0 Å². The van der Waals surface area contributed by atoms with E-state index in [1.54, 1.807) is 37.4 Å². The summed E-state index contributed by atoms with van der Waals surface area (Å²) in [5, 5.41) is 16.4. The van der Waals surface area contributed by atoms with E-state index < -0.39 is 11.9 Å². The minimum absolute atomic E-state index is 0.101. The zero-order chi connectivity index (χ0) is 15.8. The molecule has 9 heteroatoms. The molecule has 116 valence electrons. The van der Waals surface area contributed by atoms with Crippen molar-refractivity contribution in [1.29, 1.82) is 0 Å². The Morgan fingerprint density at radius 3 is 1.52 bits per heavy atom. The lowest BCUT2D eigenvalue weighted by Gasteiger charge is -1.94. The summed E-state index contributed by atoms with van der Waals surface area (Å²) in [5.41, 5.74) is 0. The number of aliphatic carboxylic acids is 2. The van der Waals surface area contributed by atoms with Crippen LogP contribution < -0.4 is 0 Å². The van der Waals surface area contributed by atoms with Gasteiger partial charge in [0.25, 0.3) is 0 Å². The summed E-state index contributed by atoms with van der Waals surface area (Å²) in [6.45, 7) is 0. The molecule has 0 fully saturated rings. The van der Waals surface area contributed by atoms with Crippen LogP contribution >= 0.6 is 11.8 Å². The van der Waals surface area contributed by atoms with Crippen molar-refractivity contribution in [3.63, 3.8) is 0 Å². The number of carbonyl (C=O) groups is 2. The first-order valence-corrected chi connectivity index (χ1v) is 7.15. The first-order chi connectivity index (χ1) is 10.1. The quantitative estimate of drug-likeness (QED) is 0.594. The third-order valence-electron chi connectivity index (χ3n) is 1.73. The fourth-order valence-electron chi connectivity index (χ4n) is 0.851. The summed E-state index contributed by atoms with van der Waals surface area (Å²) in [6, 6.07) is 0. The third-order valence-corrected chi connectivity index (χ3v) is 2.72. The lowest BCUT2D eigenvalue weighted by Crippen LogP contribution is -1.99. The number of aromatic nitrogens is 4. The van der Waals surface area contributed by atoms with Crippen LogP contribution in [0.5, 0.6) is 0 Å². The molecule has 4 N–H and O–H groups in total. The highest BCUT2D eigenvalue weighted by Gasteiger charge is 1.98. The molecule has 0 saturated heterocycles. The van der Waals surface area contributed by atoms with Crippen LogP contribution in [0.2, 0.25) is 0 Å². The van der Waals surface area contributed by atoms with E-state index in [0.717, 1.165) is 0 Å². The van der Waals surface area contributed by atoms with Gasteiger partial charge in [0.1, 0.15) is 0 Å². The summed E-state index contributed by atoms with van der Waals surface area (Å²) in [4.78, 5) is 32.8. The van der Waals surface area contributed by atoms with Gasteiger partial charge in [-0.2, -0.15) is 11.8 Å². The summed E-state index contributed by atoms with van der Waals surface area (Å²) in [7, 11) is 0. The fraction of sp³-hybridized carbons (Fsp3) is 0.333. The molecule has 0 bridgehead atoms. The second-order valence-corrected chi connectivity index (χ2v) is 4.65. The molecular formula is C12H18N4O4S. The first-order valence-electron chi connectivity index (χ1n) is 5.99. The number of imidazole rings is 2. The maximum atomic E-state index is 9.97. The number of rotatable bonds is 6. The molecular weight excluding hydrogens is 296 g/mol. The van der Waals surface area contributed by atoms with Gasteiger partial charge in [0.15, 0.2) is 0 Å². The van der Waals surface area contributed by atoms with Crippen molar-refractivity contribution in [3.05, 3.63) is 37.4 Å². The molecule has 0 aromatic carbocycles. The van der Waals surface area contributed by atoms with Crippen LogP contribution in [0.4, 0.5) is 0 Å². The molecule has 0 amide bonds. The molecule has 21 heavy (non-hydrogen) atoms. The Morgan fingerprint density at radius 2 is 1.33 bits per heavy atom. The van der Waals surface area contributed by atoms with Gasteiger partial charge in [-0.05, 0) is 0 Å². The fourth-order valence-corrected chi connectivity index (χ4v) is 1.69. The molecule has 2 aromatic heterocycles. The van der Waals surface area contributed by atoms with Crippen LogP contribution in [-0.4, -0.2) is 53.6 Å². The largest absolute Gasteiger partial charge is 0.481 e. The number of carboxylic acids is 2. The SMILES string of the molecule is O=C(O)CCSCCC(=O)O.c1c[nH]cn1.c1c[nH]cn1. The maximum Gasteiger partial charge on any atom is 0.304 e. The maximum absolute atomic E-state index is 9.97. The highest BCUT2D eigenvalue weighted by molar-refractivity contribution is 7.99. The van der Waals surface area contributed by atoms with Gasteiger partial charge in [0.05, 0.1) is 25.5 Å². The first kappa shape index (κ1) is 18.7. The molecule has 2 heterocycles. The molecule has 0 aliphatic carbocycles. The molecule has 0 aliphatic heterocycles. The number of H-pyrrole nitrogens is 2. The monoisotopic (exact) mass is 314 g/mol. The van der Waals surface area contributed by atoms with Crippen molar-refractivity contribution in [2.45, 2.75) is 12.8 Å². The molecule has 8 nitrogen and oxygen atoms in total. The summed E-state index contributed by atoms with van der Waals surface area (Å²) in [5.74, 6) is -0.703. The van der Waals surface area contributed by atoms with Gasteiger partial charge in [-0.15, -0.1) is 0 Å². The lowest BCUT2D eigenvalue weighted by molar-refractivity contribution is -0.137. The summed E-state index contributed by atoms with van der Waals surface area (Å²) in [6.07, 6.45) is 10.4. The molecule has 2 rings (SSSR count). The normalized spacial score (nSPS) is 8.76. The second-order valence-electron chi connectivity index (χ2n) is 3.42. The molecule has 2 aromatic rings. The number of hydrogen-bond acceptors (Lipinski definition) is 5. The van der Waals surface area contributed by atoms with Crippen molar-refractivity contribution in [2.24, 2.45) is 0 Å². The van der Waals surface area contributed by atoms with E-state index in [4.69, 9.17) is 10.2 Å². The van der Waals surface area contributed by atoms with Gasteiger partial charge in [-0.3, -0.25) is 9.59 Å². The van der Waals surface area contributed by atoms with E-state index in [1.807, 2.05) is 0 Å². The average Bonchev–Trinajstić information content (AvgIpc) is 3.16. The smallest absolute Gasteiger partial charge is 0.304 e. The van der Waals surface area contributed by atoms with Crippen LogP contribution in [0, 0.1) is 0 Å². The predicted octanol–water partition coefficient (Wildman–Crippen LogP) is 1.49. The van der Waals surface area contributed by atoms with Crippen LogP contribution in [0.25, 0.3) is 0 Å². The third kappa shape index (κ3) is 17.7. The number of thioether (sulfide) groups is 1. The van der Waals surface area contributed by atoms with Crippen LogP contribution in [0.3, 0.4) is 0 Å². The zero-order valence-corrected chi connectivity index (χ0v) is 12.1. The summed E-state index contributed by atoms with van der Waals surface area (Å²) < 4.78 is 0. The zero-order valence-electron chi connectivity index (χ0n) is 11.3. The second kappa shape index (κ2) is 14.1. The minimum Gasteiger partial charge on any atom is -0.481 e. The predicted molar refractivity (Wildman–Crippen MR) is 79.0 cm³/mol. The molecule has 0 spiro atoms. The highest BCUT2D eigenvalue weighted by Crippen LogP contribution is 2.03. The molecule has 0 atom stereocenters. The number of nitrogens with zero attached hydrogens (tertiary/aromatic N) is 2. The van der Waals surface area contributed by atoms with Crippen molar-refractivity contribution in [1.82, 2.24) is 19.9 Å². The Kier molecular flexibility index (Phi) is 12.6. The number of hydrogen-bond donors (Lipinski definition) is 4. The number of carboxylic acid groups (broad SMARTS) is 2. The van der Waals surface area contributed by atoms with Crippen molar-refractivity contribution >= 4 is 23.7 Å². The Balaban J connectivity index is 0.000000325. The van der Waals surface area contributed by atoms with Crippen molar-refractivity contribution in [3.8, 4) is 0 Å². The van der Waals surface area contributed by atoms with Gasteiger partial charge in [-0.25, -0.2) is 9.97 Å². The minimum atomic E-state index is -0.840. The number of nitrogens with one attached hydrogen (secondary N) is 2. The van der Waals surface area contributed by atoms with Crippen molar-refractivity contribution < 1.29 is 19.8 Å². The average molecular weight is 314 g/mol. The lowest BCUT2D eigenvalue weighted by atomic mass is 10.5.